The van der Waals surface area contributed by atoms with Gasteiger partial charge in [0, 0.05) is 6.07 Å². The van der Waals surface area contributed by atoms with Gasteiger partial charge >= 0.3 is 0 Å². The highest BCUT2D eigenvalue weighted by Gasteiger charge is 2.04. The Balaban J connectivity index is 2.15. The summed E-state index contributed by atoms with van der Waals surface area (Å²) >= 11 is 3.32. The molecule has 0 fully saturated rings. The van der Waals surface area contributed by atoms with Crippen molar-refractivity contribution in [1.29, 1.82) is 0 Å². The molecule has 0 heterocycles. The lowest BCUT2D eigenvalue weighted by molar-refractivity contribution is 0.473. The van der Waals surface area contributed by atoms with Crippen molar-refractivity contribution in [2.24, 2.45) is 5.73 Å². The summed E-state index contributed by atoms with van der Waals surface area (Å²) in [5.74, 6) is 0.802. The Kier molecular flexibility index (Phi) is 4.33. The molecule has 0 aliphatic heterocycles. The first kappa shape index (κ1) is 13.1. The van der Waals surface area contributed by atoms with Crippen LogP contribution < -0.4 is 10.5 Å². The van der Waals surface area contributed by atoms with Crippen molar-refractivity contribution in [3.8, 4) is 11.5 Å². The molecule has 0 aromatic heterocycles. The first-order valence-corrected chi connectivity index (χ1v) is 6.40. The molecular formula is C14H13BrFNO. The second-order valence-corrected chi connectivity index (χ2v) is 4.71. The summed E-state index contributed by atoms with van der Waals surface area (Å²) in [7, 11) is 0. The number of rotatable bonds is 4. The highest BCUT2D eigenvalue weighted by atomic mass is 79.9. The minimum absolute atomic E-state index is 0.326. The fourth-order valence-corrected chi connectivity index (χ4v) is 1.90. The Labute approximate surface area is 114 Å². The quantitative estimate of drug-likeness (QED) is 0.930. The second kappa shape index (κ2) is 5.98. The molecule has 0 amide bonds. The molecule has 0 radical (unpaired) electrons. The molecule has 0 spiro atoms. The van der Waals surface area contributed by atoms with Gasteiger partial charge in [0.25, 0.3) is 0 Å². The molecule has 0 atom stereocenters. The number of ether oxygens (including phenoxy) is 1. The van der Waals surface area contributed by atoms with Gasteiger partial charge in [0.15, 0.2) is 0 Å². The number of hydrogen-bond donors (Lipinski definition) is 1. The maximum Gasteiger partial charge on any atom is 0.144 e. The van der Waals surface area contributed by atoms with E-state index in [-0.39, 0.29) is 5.82 Å². The van der Waals surface area contributed by atoms with Gasteiger partial charge in [-0.15, -0.1) is 0 Å². The van der Waals surface area contributed by atoms with Crippen molar-refractivity contribution in [1.82, 2.24) is 0 Å². The van der Waals surface area contributed by atoms with Crippen LogP contribution in [-0.4, -0.2) is 6.54 Å². The van der Waals surface area contributed by atoms with Gasteiger partial charge < -0.3 is 10.5 Å². The molecule has 0 bridgehead atoms. The van der Waals surface area contributed by atoms with E-state index in [1.807, 2.05) is 24.3 Å². The lowest BCUT2D eigenvalue weighted by Gasteiger charge is -2.08. The molecule has 2 aromatic rings. The minimum Gasteiger partial charge on any atom is -0.456 e. The van der Waals surface area contributed by atoms with Gasteiger partial charge in [-0.05, 0) is 58.7 Å². The molecule has 0 aliphatic rings. The van der Waals surface area contributed by atoms with Crippen molar-refractivity contribution in [3.05, 3.63) is 58.3 Å². The zero-order valence-corrected chi connectivity index (χ0v) is 11.3. The van der Waals surface area contributed by atoms with E-state index in [0.29, 0.717) is 18.0 Å². The van der Waals surface area contributed by atoms with Crippen LogP contribution in [0.4, 0.5) is 4.39 Å². The van der Waals surface area contributed by atoms with Crippen LogP contribution in [-0.2, 0) is 6.42 Å². The summed E-state index contributed by atoms with van der Waals surface area (Å²) in [4.78, 5) is 0. The molecule has 18 heavy (non-hydrogen) atoms. The summed E-state index contributed by atoms with van der Waals surface area (Å²) in [5, 5.41) is 0. The first-order valence-electron chi connectivity index (χ1n) is 5.61. The summed E-state index contributed by atoms with van der Waals surface area (Å²) in [6.07, 6.45) is 0.837. The molecule has 2 rings (SSSR count). The molecule has 0 unspecified atom stereocenters. The van der Waals surface area contributed by atoms with Crippen LogP contribution in [0.3, 0.4) is 0 Å². The average molecular weight is 310 g/mol. The Morgan fingerprint density at radius 3 is 2.50 bits per heavy atom. The number of benzene rings is 2. The van der Waals surface area contributed by atoms with E-state index in [4.69, 9.17) is 10.5 Å². The van der Waals surface area contributed by atoms with Gasteiger partial charge in [-0.2, -0.15) is 0 Å². The SMILES string of the molecule is NCCc1ccc(Oc2cc(F)ccc2Br)cc1. The van der Waals surface area contributed by atoms with E-state index in [9.17, 15) is 4.39 Å². The lowest BCUT2D eigenvalue weighted by Crippen LogP contribution is -2.02. The third kappa shape index (κ3) is 3.31. The van der Waals surface area contributed by atoms with Crippen LogP contribution in [0.5, 0.6) is 11.5 Å². The maximum atomic E-state index is 13.1. The monoisotopic (exact) mass is 309 g/mol. The third-order valence-corrected chi connectivity index (χ3v) is 3.13. The Morgan fingerprint density at radius 2 is 1.83 bits per heavy atom. The highest BCUT2D eigenvalue weighted by molar-refractivity contribution is 9.10. The topological polar surface area (TPSA) is 35.2 Å². The molecule has 2 N–H and O–H groups in total. The largest absolute Gasteiger partial charge is 0.456 e. The summed E-state index contributed by atoms with van der Waals surface area (Å²) < 4.78 is 19.4. The molecule has 0 saturated carbocycles. The molecular weight excluding hydrogens is 297 g/mol. The molecule has 0 aliphatic carbocycles. The van der Waals surface area contributed by atoms with Gasteiger partial charge in [0.2, 0.25) is 0 Å². The maximum absolute atomic E-state index is 13.1. The highest BCUT2D eigenvalue weighted by Crippen LogP contribution is 2.30. The summed E-state index contributed by atoms with van der Waals surface area (Å²) in [6, 6.07) is 11.9. The zero-order chi connectivity index (χ0) is 13.0. The zero-order valence-electron chi connectivity index (χ0n) is 9.70. The third-order valence-electron chi connectivity index (χ3n) is 2.48. The van der Waals surface area contributed by atoms with E-state index in [1.165, 1.54) is 12.1 Å². The smallest absolute Gasteiger partial charge is 0.144 e. The Bertz CT molecular complexity index is 528. The van der Waals surface area contributed by atoms with Crippen molar-refractivity contribution >= 4 is 15.9 Å². The van der Waals surface area contributed by atoms with Gasteiger partial charge in [-0.1, -0.05) is 12.1 Å². The van der Waals surface area contributed by atoms with Crippen LogP contribution in [0.1, 0.15) is 5.56 Å². The van der Waals surface area contributed by atoms with Crippen molar-refractivity contribution in [2.45, 2.75) is 6.42 Å². The van der Waals surface area contributed by atoms with Crippen molar-refractivity contribution in [3.63, 3.8) is 0 Å². The molecule has 0 saturated heterocycles. The minimum atomic E-state index is -0.326. The van der Waals surface area contributed by atoms with Crippen LogP contribution in [0.2, 0.25) is 0 Å². The van der Waals surface area contributed by atoms with E-state index < -0.39 is 0 Å². The molecule has 94 valence electrons. The van der Waals surface area contributed by atoms with Crippen molar-refractivity contribution in [2.75, 3.05) is 6.54 Å². The second-order valence-electron chi connectivity index (χ2n) is 3.86. The van der Waals surface area contributed by atoms with Crippen LogP contribution in [0, 0.1) is 5.82 Å². The van der Waals surface area contributed by atoms with E-state index in [1.54, 1.807) is 6.07 Å². The van der Waals surface area contributed by atoms with Gasteiger partial charge in [-0.25, -0.2) is 4.39 Å². The summed E-state index contributed by atoms with van der Waals surface area (Å²) in [6.45, 7) is 0.621. The Hall–Kier alpha value is -1.39. The van der Waals surface area contributed by atoms with Crippen LogP contribution >= 0.6 is 15.9 Å². The fourth-order valence-electron chi connectivity index (χ4n) is 1.57. The fraction of sp³-hybridized carbons (Fsp3) is 0.143. The van der Waals surface area contributed by atoms with Gasteiger partial charge in [0.1, 0.15) is 17.3 Å². The van der Waals surface area contributed by atoms with Crippen molar-refractivity contribution < 1.29 is 9.13 Å². The van der Waals surface area contributed by atoms with Crippen LogP contribution in [0.15, 0.2) is 46.9 Å². The first-order chi connectivity index (χ1) is 8.69. The number of halogens is 2. The normalized spacial score (nSPS) is 10.4. The molecule has 4 heteroatoms. The molecule has 2 aromatic carbocycles. The predicted molar refractivity (Wildman–Crippen MR) is 73.4 cm³/mol. The number of hydrogen-bond acceptors (Lipinski definition) is 2. The average Bonchev–Trinajstić information content (AvgIpc) is 2.37. The summed E-state index contributed by atoms with van der Waals surface area (Å²) in [5.41, 5.74) is 6.64. The van der Waals surface area contributed by atoms with E-state index in [2.05, 4.69) is 15.9 Å². The Morgan fingerprint density at radius 1 is 1.11 bits per heavy atom. The van der Waals surface area contributed by atoms with E-state index in [0.717, 1.165) is 16.5 Å². The van der Waals surface area contributed by atoms with Gasteiger partial charge in [0.05, 0.1) is 4.47 Å². The van der Waals surface area contributed by atoms with Gasteiger partial charge in [-0.3, -0.25) is 0 Å². The standard InChI is InChI=1S/C14H13BrFNO/c15-13-6-3-11(16)9-14(13)18-12-4-1-10(2-5-12)7-8-17/h1-6,9H,7-8,17H2. The predicted octanol–water partition coefficient (Wildman–Crippen LogP) is 3.88. The number of nitrogens with two attached hydrogens (primary N) is 1. The van der Waals surface area contributed by atoms with Crippen LogP contribution in [0.25, 0.3) is 0 Å². The lowest BCUT2D eigenvalue weighted by atomic mass is 10.1. The molecule has 2 nitrogen and oxygen atoms in total. The van der Waals surface area contributed by atoms with E-state index >= 15 is 0 Å².